The molecular weight excluding hydrogens is 290 g/mol. The fourth-order valence-corrected chi connectivity index (χ4v) is 3.12. The Morgan fingerprint density at radius 3 is 3.10 bits per heavy atom. The molecule has 3 rings (SSSR count). The van der Waals surface area contributed by atoms with Crippen LogP contribution >= 0.6 is 11.6 Å². The van der Waals surface area contributed by atoms with E-state index in [0.29, 0.717) is 16.7 Å². The summed E-state index contributed by atoms with van der Waals surface area (Å²) in [5.41, 5.74) is 0.501. The third kappa shape index (κ3) is 2.76. The maximum Gasteiger partial charge on any atom is 0.262 e. The molecule has 0 aliphatic carbocycles. The summed E-state index contributed by atoms with van der Waals surface area (Å²) >= 11 is 6.26. The number of aromatic nitrogens is 2. The highest BCUT2D eigenvalue weighted by Crippen LogP contribution is 2.23. The van der Waals surface area contributed by atoms with Gasteiger partial charge in [0.15, 0.2) is 0 Å². The van der Waals surface area contributed by atoms with Gasteiger partial charge in [0.05, 0.1) is 24.1 Å². The van der Waals surface area contributed by atoms with Crippen molar-refractivity contribution in [2.75, 3.05) is 20.2 Å². The number of hydrogen-bond acceptors (Lipinski definition) is 4. The van der Waals surface area contributed by atoms with Crippen LogP contribution in [0.25, 0.3) is 10.9 Å². The van der Waals surface area contributed by atoms with Crippen LogP contribution in [-0.2, 0) is 0 Å². The summed E-state index contributed by atoms with van der Waals surface area (Å²) in [5, 5.41) is 4.15. The summed E-state index contributed by atoms with van der Waals surface area (Å²) in [6, 6.07) is 5.32. The highest BCUT2D eigenvalue weighted by Gasteiger charge is 2.20. The maximum absolute atomic E-state index is 12.8. The van der Waals surface area contributed by atoms with Crippen molar-refractivity contribution in [2.45, 2.75) is 25.3 Å². The van der Waals surface area contributed by atoms with Crippen molar-refractivity contribution in [1.29, 1.82) is 0 Å². The van der Waals surface area contributed by atoms with E-state index in [1.165, 1.54) is 0 Å². The minimum atomic E-state index is -0.0994. The molecule has 0 spiro atoms. The van der Waals surface area contributed by atoms with Crippen molar-refractivity contribution in [2.24, 2.45) is 0 Å². The fraction of sp³-hybridized carbons (Fsp3) is 0.467. The van der Waals surface area contributed by atoms with Gasteiger partial charge in [0.25, 0.3) is 5.56 Å². The Kier molecular flexibility index (Phi) is 4.12. The second-order valence-corrected chi connectivity index (χ2v) is 5.63. The lowest BCUT2D eigenvalue weighted by Gasteiger charge is -2.19. The van der Waals surface area contributed by atoms with Gasteiger partial charge in [-0.05, 0) is 49.2 Å². The molecule has 2 aromatic rings. The molecule has 1 fully saturated rings. The molecule has 1 aromatic heterocycles. The smallest absolute Gasteiger partial charge is 0.262 e. The van der Waals surface area contributed by atoms with Gasteiger partial charge in [0.1, 0.15) is 5.75 Å². The number of methoxy groups -OCH3 is 1. The van der Waals surface area contributed by atoms with Crippen LogP contribution in [-0.4, -0.2) is 29.8 Å². The number of halogens is 1. The van der Waals surface area contributed by atoms with Crippen molar-refractivity contribution in [1.82, 2.24) is 14.9 Å². The van der Waals surface area contributed by atoms with Gasteiger partial charge in [-0.15, -0.1) is 0 Å². The van der Waals surface area contributed by atoms with Crippen LogP contribution in [0.15, 0.2) is 23.0 Å². The third-order valence-electron chi connectivity index (χ3n) is 3.95. The van der Waals surface area contributed by atoms with Gasteiger partial charge in [-0.1, -0.05) is 6.42 Å². The molecule has 1 unspecified atom stereocenters. The SMILES string of the molecule is COc1ccc2nc(Cl)n(C3CCCCNC3)c(=O)c2c1. The highest BCUT2D eigenvalue weighted by molar-refractivity contribution is 6.28. The Hall–Kier alpha value is -1.59. The summed E-state index contributed by atoms with van der Waals surface area (Å²) in [6.07, 6.45) is 3.14. The molecule has 0 saturated carbocycles. The lowest BCUT2D eigenvalue weighted by atomic mass is 10.1. The number of ether oxygens (including phenoxy) is 1. The predicted molar refractivity (Wildman–Crippen MR) is 83.3 cm³/mol. The van der Waals surface area contributed by atoms with Crippen LogP contribution in [0.4, 0.5) is 0 Å². The monoisotopic (exact) mass is 307 g/mol. The lowest BCUT2D eigenvalue weighted by molar-refractivity contribution is 0.415. The number of nitrogens with one attached hydrogen (secondary N) is 1. The van der Waals surface area contributed by atoms with Crippen LogP contribution in [0.5, 0.6) is 5.75 Å². The largest absolute Gasteiger partial charge is 0.497 e. The Morgan fingerprint density at radius 1 is 1.43 bits per heavy atom. The first-order valence-electron chi connectivity index (χ1n) is 7.17. The summed E-state index contributed by atoms with van der Waals surface area (Å²) in [5.74, 6) is 0.647. The molecular formula is C15H18ClN3O2. The molecule has 1 atom stereocenters. The Morgan fingerprint density at radius 2 is 2.29 bits per heavy atom. The standard InChI is InChI=1S/C15H18ClN3O2/c1-21-11-5-6-13-12(8-11)14(20)19(15(16)18-13)10-4-2-3-7-17-9-10/h5-6,8,10,17H,2-4,7,9H2,1H3. The fourth-order valence-electron chi connectivity index (χ4n) is 2.82. The molecule has 1 N–H and O–H groups in total. The van der Waals surface area contributed by atoms with Gasteiger partial charge in [-0.3, -0.25) is 9.36 Å². The zero-order valence-corrected chi connectivity index (χ0v) is 12.7. The van der Waals surface area contributed by atoms with E-state index in [0.717, 1.165) is 32.4 Å². The zero-order chi connectivity index (χ0) is 14.8. The van der Waals surface area contributed by atoms with Crippen LogP contribution in [0.2, 0.25) is 5.28 Å². The summed E-state index contributed by atoms with van der Waals surface area (Å²) < 4.78 is 6.80. The summed E-state index contributed by atoms with van der Waals surface area (Å²) in [7, 11) is 1.58. The molecule has 2 heterocycles. The number of nitrogens with zero attached hydrogens (tertiary/aromatic N) is 2. The van der Waals surface area contributed by atoms with E-state index in [9.17, 15) is 4.79 Å². The Labute approximate surface area is 127 Å². The average molecular weight is 308 g/mol. The molecule has 1 aromatic carbocycles. The average Bonchev–Trinajstić information content (AvgIpc) is 2.76. The van der Waals surface area contributed by atoms with Crippen molar-refractivity contribution in [3.63, 3.8) is 0 Å². The van der Waals surface area contributed by atoms with E-state index in [4.69, 9.17) is 16.3 Å². The second kappa shape index (κ2) is 6.03. The van der Waals surface area contributed by atoms with E-state index in [2.05, 4.69) is 10.3 Å². The van der Waals surface area contributed by atoms with Crippen LogP contribution in [0, 0.1) is 0 Å². The number of fused-ring (bicyclic) bond motifs is 1. The minimum Gasteiger partial charge on any atom is -0.497 e. The van der Waals surface area contributed by atoms with Gasteiger partial charge in [0, 0.05) is 6.54 Å². The third-order valence-corrected chi connectivity index (χ3v) is 4.22. The minimum absolute atomic E-state index is 0.0515. The normalized spacial score (nSPS) is 19.4. The first kappa shape index (κ1) is 14.4. The molecule has 1 saturated heterocycles. The first-order chi connectivity index (χ1) is 10.2. The quantitative estimate of drug-likeness (QED) is 0.866. The maximum atomic E-state index is 12.8. The Balaban J connectivity index is 2.15. The lowest BCUT2D eigenvalue weighted by Crippen LogP contribution is -2.32. The van der Waals surface area contributed by atoms with Gasteiger partial charge in [-0.2, -0.15) is 0 Å². The van der Waals surface area contributed by atoms with E-state index < -0.39 is 0 Å². The molecule has 1 aliphatic heterocycles. The number of hydrogen-bond donors (Lipinski definition) is 1. The van der Waals surface area contributed by atoms with Crippen molar-refractivity contribution in [3.8, 4) is 5.75 Å². The molecule has 112 valence electrons. The summed E-state index contributed by atoms with van der Waals surface area (Å²) in [6.45, 7) is 1.73. The van der Waals surface area contributed by atoms with Gasteiger partial charge >= 0.3 is 0 Å². The van der Waals surface area contributed by atoms with Crippen molar-refractivity contribution in [3.05, 3.63) is 33.8 Å². The molecule has 5 nitrogen and oxygen atoms in total. The van der Waals surface area contributed by atoms with Gasteiger partial charge in [0.2, 0.25) is 5.28 Å². The number of benzene rings is 1. The van der Waals surface area contributed by atoms with Crippen LogP contribution < -0.4 is 15.6 Å². The predicted octanol–water partition coefficient (Wildman–Crippen LogP) is 2.37. The van der Waals surface area contributed by atoms with Gasteiger partial charge < -0.3 is 10.1 Å². The Bertz CT molecular complexity index is 706. The van der Waals surface area contributed by atoms with Crippen molar-refractivity contribution >= 4 is 22.5 Å². The molecule has 0 amide bonds. The van der Waals surface area contributed by atoms with E-state index in [-0.39, 0.29) is 16.9 Å². The summed E-state index contributed by atoms with van der Waals surface area (Å²) in [4.78, 5) is 17.1. The van der Waals surface area contributed by atoms with Crippen LogP contribution in [0.3, 0.4) is 0 Å². The zero-order valence-electron chi connectivity index (χ0n) is 11.9. The van der Waals surface area contributed by atoms with E-state index in [1.807, 2.05) is 0 Å². The van der Waals surface area contributed by atoms with Crippen LogP contribution in [0.1, 0.15) is 25.3 Å². The number of rotatable bonds is 2. The van der Waals surface area contributed by atoms with E-state index >= 15 is 0 Å². The molecule has 0 bridgehead atoms. The molecule has 21 heavy (non-hydrogen) atoms. The van der Waals surface area contributed by atoms with Crippen molar-refractivity contribution < 1.29 is 4.74 Å². The molecule has 0 radical (unpaired) electrons. The second-order valence-electron chi connectivity index (χ2n) is 5.29. The molecule has 6 heteroatoms. The molecule has 1 aliphatic rings. The van der Waals surface area contributed by atoms with E-state index in [1.54, 1.807) is 29.9 Å². The van der Waals surface area contributed by atoms with Gasteiger partial charge in [-0.25, -0.2) is 4.98 Å². The highest BCUT2D eigenvalue weighted by atomic mass is 35.5. The topological polar surface area (TPSA) is 56.1 Å². The first-order valence-corrected chi connectivity index (χ1v) is 7.55.